The first-order valence-electron chi connectivity index (χ1n) is 3.19. The standard InChI is InChI=1S/C6H13N3.BrH/c1-3-6-8(2)4-5-9(6)7;/h4-6H,3,7H2,1-2H3;1H. The minimum atomic E-state index is 0. The molecule has 0 spiro atoms. The van der Waals surface area contributed by atoms with Gasteiger partial charge in [0.2, 0.25) is 0 Å². The van der Waals surface area contributed by atoms with E-state index >= 15 is 0 Å². The molecule has 1 aliphatic rings. The topological polar surface area (TPSA) is 32.5 Å². The summed E-state index contributed by atoms with van der Waals surface area (Å²) in [5, 5.41) is 1.72. The molecule has 0 saturated carbocycles. The Labute approximate surface area is 72.2 Å². The van der Waals surface area contributed by atoms with Crippen molar-refractivity contribution in [3.8, 4) is 0 Å². The molecule has 1 atom stereocenters. The number of nitrogens with two attached hydrogens (primary N) is 1. The van der Waals surface area contributed by atoms with Crippen LogP contribution in [0.4, 0.5) is 0 Å². The van der Waals surface area contributed by atoms with E-state index in [4.69, 9.17) is 5.84 Å². The van der Waals surface area contributed by atoms with E-state index in [1.165, 1.54) is 0 Å². The highest BCUT2D eigenvalue weighted by molar-refractivity contribution is 8.93. The van der Waals surface area contributed by atoms with Gasteiger partial charge in [-0.1, -0.05) is 6.92 Å². The summed E-state index contributed by atoms with van der Waals surface area (Å²) in [7, 11) is 2.03. The summed E-state index contributed by atoms with van der Waals surface area (Å²) in [5.74, 6) is 5.58. The molecule has 0 aromatic heterocycles. The van der Waals surface area contributed by atoms with Crippen LogP contribution in [-0.4, -0.2) is 23.1 Å². The third-order valence-electron chi connectivity index (χ3n) is 1.65. The monoisotopic (exact) mass is 207 g/mol. The van der Waals surface area contributed by atoms with Crippen molar-refractivity contribution >= 4 is 17.0 Å². The number of halogens is 1. The minimum Gasteiger partial charge on any atom is -0.358 e. The van der Waals surface area contributed by atoms with Crippen LogP contribution in [0.5, 0.6) is 0 Å². The molecule has 0 amide bonds. The van der Waals surface area contributed by atoms with Crippen molar-refractivity contribution in [2.75, 3.05) is 7.05 Å². The molecule has 1 aliphatic heterocycles. The number of hydrogen-bond donors (Lipinski definition) is 1. The van der Waals surface area contributed by atoms with E-state index in [9.17, 15) is 0 Å². The lowest BCUT2D eigenvalue weighted by atomic mass is 10.4. The molecular formula is C6H14BrN3. The smallest absolute Gasteiger partial charge is 0.115 e. The third kappa shape index (κ3) is 1.64. The van der Waals surface area contributed by atoms with Gasteiger partial charge in [0.1, 0.15) is 6.17 Å². The van der Waals surface area contributed by atoms with Crippen molar-refractivity contribution in [1.82, 2.24) is 9.91 Å². The van der Waals surface area contributed by atoms with Crippen LogP contribution in [0.2, 0.25) is 0 Å². The first kappa shape index (κ1) is 9.78. The Kier molecular flexibility index (Phi) is 3.75. The summed E-state index contributed by atoms with van der Waals surface area (Å²) in [6.45, 7) is 2.12. The van der Waals surface area contributed by atoms with Crippen molar-refractivity contribution in [3.05, 3.63) is 12.4 Å². The molecule has 0 aliphatic carbocycles. The lowest BCUT2D eigenvalue weighted by Crippen LogP contribution is -2.39. The number of hydrazine groups is 1. The molecular weight excluding hydrogens is 194 g/mol. The Morgan fingerprint density at radius 1 is 1.50 bits per heavy atom. The van der Waals surface area contributed by atoms with Gasteiger partial charge in [-0.05, 0) is 6.42 Å². The minimum absolute atomic E-state index is 0. The average molecular weight is 208 g/mol. The number of hydrogen-bond acceptors (Lipinski definition) is 3. The van der Waals surface area contributed by atoms with Gasteiger partial charge in [-0.2, -0.15) is 0 Å². The molecule has 1 unspecified atom stereocenters. The Morgan fingerprint density at radius 3 is 2.30 bits per heavy atom. The van der Waals surface area contributed by atoms with Crippen LogP contribution in [0.3, 0.4) is 0 Å². The zero-order chi connectivity index (χ0) is 6.85. The van der Waals surface area contributed by atoms with E-state index in [-0.39, 0.29) is 17.0 Å². The van der Waals surface area contributed by atoms with Crippen molar-refractivity contribution in [1.29, 1.82) is 0 Å². The van der Waals surface area contributed by atoms with E-state index in [2.05, 4.69) is 11.8 Å². The van der Waals surface area contributed by atoms with E-state index in [1.807, 2.05) is 19.4 Å². The number of nitrogens with zero attached hydrogens (tertiary/aromatic N) is 2. The highest BCUT2D eigenvalue weighted by Gasteiger charge is 2.17. The summed E-state index contributed by atoms with van der Waals surface area (Å²) in [6.07, 6.45) is 5.28. The highest BCUT2D eigenvalue weighted by atomic mass is 79.9. The van der Waals surface area contributed by atoms with Gasteiger partial charge in [-0.25, -0.2) is 5.84 Å². The first-order valence-corrected chi connectivity index (χ1v) is 3.19. The fourth-order valence-corrected chi connectivity index (χ4v) is 1.09. The molecule has 60 valence electrons. The van der Waals surface area contributed by atoms with Gasteiger partial charge in [-0.3, -0.25) is 5.01 Å². The van der Waals surface area contributed by atoms with E-state index in [0.717, 1.165) is 6.42 Å². The maximum Gasteiger partial charge on any atom is 0.115 e. The zero-order valence-corrected chi connectivity index (χ0v) is 8.03. The molecule has 10 heavy (non-hydrogen) atoms. The van der Waals surface area contributed by atoms with Gasteiger partial charge < -0.3 is 4.90 Å². The van der Waals surface area contributed by atoms with Gasteiger partial charge in [0.15, 0.2) is 0 Å². The van der Waals surface area contributed by atoms with Gasteiger partial charge in [-0.15, -0.1) is 17.0 Å². The quantitative estimate of drug-likeness (QED) is 0.649. The van der Waals surface area contributed by atoms with E-state index in [1.54, 1.807) is 5.01 Å². The summed E-state index contributed by atoms with van der Waals surface area (Å²) in [5.41, 5.74) is 0. The molecule has 1 rings (SSSR count). The second kappa shape index (κ2) is 3.83. The van der Waals surface area contributed by atoms with Crippen LogP contribution >= 0.6 is 17.0 Å². The van der Waals surface area contributed by atoms with Crippen LogP contribution in [0.25, 0.3) is 0 Å². The van der Waals surface area contributed by atoms with Crippen molar-refractivity contribution in [2.45, 2.75) is 19.5 Å². The predicted molar refractivity (Wildman–Crippen MR) is 47.3 cm³/mol. The SMILES string of the molecule is Br.CCC1N(C)C=CN1N. The van der Waals surface area contributed by atoms with Crippen LogP contribution in [0.1, 0.15) is 13.3 Å². The summed E-state index contributed by atoms with van der Waals surface area (Å²) >= 11 is 0. The Morgan fingerprint density at radius 2 is 2.10 bits per heavy atom. The maximum absolute atomic E-state index is 5.58. The molecule has 2 N–H and O–H groups in total. The second-order valence-electron chi connectivity index (χ2n) is 2.30. The van der Waals surface area contributed by atoms with Crippen LogP contribution in [0.15, 0.2) is 12.4 Å². The van der Waals surface area contributed by atoms with Gasteiger partial charge in [0, 0.05) is 19.4 Å². The van der Waals surface area contributed by atoms with Crippen LogP contribution in [0, 0.1) is 0 Å². The van der Waals surface area contributed by atoms with Crippen molar-refractivity contribution < 1.29 is 0 Å². The van der Waals surface area contributed by atoms with Gasteiger partial charge >= 0.3 is 0 Å². The normalized spacial score (nSPS) is 23.3. The molecule has 0 saturated heterocycles. The molecule has 0 fully saturated rings. The van der Waals surface area contributed by atoms with Gasteiger partial charge in [0.25, 0.3) is 0 Å². The summed E-state index contributed by atoms with van der Waals surface area (Å²) < 4.78 is 0. The molecule has 0 aromatic rings. The molecule has 0 radical (unpaired) electrons. The summed E-state index contributed by atoms with van der Waals surface area (Å²) in [6, 6.07) is 0. The zero-order valence-electron chi connectivity index (χ0n) is 6.32. The Bertz CT molecular complexity index is 114. The highest BCUT2D eigenvalue weighted by Crippen LogP contribution is 2.11. The summed E-state index contributed by atoms with van der Waals surface area (Å²) in [4.78, 5) is 2.10. The average Bonchev–Trinajstić information content (AvgIpc) is 2.12. The fraction of sp³-hybridized carbons (Fsp3) is 0.667. The van der Waals surface area contributed by atoms with Gasteiger partial charge in [0.05, 0.1) is 0 Å². The van der Waals surface area contributed by atoms with Crippen LogP contribution < -0.4 is 5.84 Å². The maximum atomic E-state index is 5.58. The molecule has 3 nitrogen and oxygen atoms in total. The van der Waals surface area contributed by atoms with Crippen molar-refractivity contribution in [3.63, 3.8) is 0 Å². The Balaban J connectivity index is 0.000000810. The van der Waals surface area contributed by atoms with Crippen LogP contribution in [-0.2, 0) is 0 Å². The lowest BCUT2D eigenvalue weighted by Gasteiger charge is -2.25. The lowest BCUT2D eigenvalue weighted by molar-refractivity contribution is 0.174. The third-order valence-corrected chi connectivity index (χ3v) is 1.65. The molecule has 4 heteroatoms. The first-order chi connectivity index (χ1) is 4.25. The number of rotatable bonds is 1. The Hall–Kier alpha value is -0.220. The van der Waals surface area contributed by atoms with Crippen molar-refractivity contribution in [2.24, 2.45) is 5.84 Å². The fourth-order valence-electron chi connectivity index (χ4n) is 1.09. The molecule has 0 bridgehead atoms. The van der Waals surface area contributed by atoms with E-state index in [0.29, 0.717) is 6.17 Å². The largest absolute Gasteiger partial charge is 0.358 e. The molecule has 1 heterocycles. The predicted octanol–water partition coefficient (Wildman–Crippen LogP) is 0.893. The van der Waals surface area contributed by atoms with E-state index < -0.39 is 0 Å². The molecule has 0 aromatic carbocycles. The second-order valence-corrected chi connectivity index (χ2v) is 2.30.